The second-order valence-corrected chi connectivity index (χ2v) is 11.2. The molecule has 1 saturated carbocycles. The van der Waals surface area contributed by atoms with Crippen molar-refractivity contribution in [2.75, 3.05) is 13.1 Å². The van der Waals surface area contributed by atoms with Crippen LogP contribution in [-0.4, -0.2) is 52.3 Å². The number of hydrogen-bond acceptors (Lipinski definition) is 6. The van der Waals surface area contributed by atoms with Crippen LogP contribution in [-0.2, 0) is 22.7 Å². The van der Waals surface area contributed by atoms with E-state index in [1.165, 1.54) is 6.07 Å². The summed E-state index contributed by atoms with van der Waals surface area (Å²) in [4.78, 5) is 53.7. The molecule has 2 aliphatic heterocycles. The van der Waals surface area contributed by atoms with Crippen LogP contribution < -0.4 is 4.74 Å². The Morgan fingerprint density at radius 1 is 0.833 bits per heavy atom. The lowest BCUT2D eigenvalue weighted by Gasteiger charge is -2.32. The van der Waals surface area contributed by atoms with Gasteiger partial charge in [0.2, 0.25) is 0 Å². The van der Waals surface area contributed by atoms with Crippen LogP contribution in [0.3, 0.4) is 0 Å². The van der Waals surface area contributed by atoms with Gasteiger partial charge >= 0.3 is 0 Å². The number of rotatable bonds is 7. The number of halogens is 2. The third-order valence-electron chi connectivity index (χ3n) is 8.47. The monoisotopic (exact) mass is 572 g/mol. The van der Waals surface area contributed by atoms with Gasteiger partial charge in [0.05, 0.1) is 23.6 Å². The van der Waals surface area contributed by atoms with Gasteiger partial charge in [-0.2, -0.15) is 0 Å². The molecule has 9 heteroatoms. The summed E-state index contributed by atoms with van der Waals surface area (Å²) in [5, 5.41) is 0. The maximum Gasteiger partial charge on any atom is 0.266 e. The maximum absolute atomic E-state index is 14.2. The summed E-state index contributed by atoms with van der Waals surface area (Å²) in [7, 11) is 0. The highest BCUT2D eigenvalue weighted by molar-refractivity contribution is 6.24. The molecule has 3 aromatic carbocycles. The van der Waals surface area contributed by atoms with E-state index in [0.29, 0.717) is 5.56 Å². The molecular formula is C33H30F2N2O5. The SMILES string of the molecule is O=C1CCC(N2C(=O)c3cccc(OCc4ccc(CN5CCC(c6ccc(F)cc6F)CC5)cc4)c3C2=O)C(=O)C1. The van der Waals surface area contributed by atoms with Crippen molar-refractivity contribution in [1.82, 2.24) is 9.80 Å². The highest BCUT2D eigenvalue weighted by Gasteiger charge is 2.45. The van der Waals surface area contributed by atoms with Crippen LogP contribution >= 0.6 is 0 Å². The number of piperidine rings is 1. The zero-order valence-corrected chi connectivity index (χ0v) is 23.0. The third-order valence-corrected chi connectivity index (χ3v) is 8.47. The molecule has 0 bridgehead atoms. The average molecular weight is 573 g/mol. The fraction of sp³-hybridized carbons (Fsp3) is 0.333. The van der Waals surface area contributed by atoms with Crippen molar-refractivity contribution in [3.05, 3.63) is 100 Å². The molecule has 216 valence electrons. The number of likely N-dealkylation sites (tertiary alicyclic amines) is 1. The molecular weight excluding hydrogens is 542 g/mol. The van der Waals surface area contributed by atoms with Gasteiger partial charge in [-0.25, -0.2) is 8.78 Å². The van der Waals surface area contributed by atoms with Gasteiger partial charge in [0, 0.05) is 19.0 Å². The van der Waals surface area contributed by atoms with Gasteiger partial charge in [0.25, 0.3) is 11.8 Å². The Kier molecular flexibility index (Phi) is 7.68. The van der Waals surface area contributed by atoms with E-state index in [-0.39, 0.29) is 54.4 Å². The van der Waals surface area contributed by atoms with Gasteiger partial charge in [-0.1, -0.05) is 36.4 Å². The van der Waals surface area contributed by atoms with Crippen molar-refractivity contribution in [3.8, 4) is 5.75 Å². The number of carbonyl (C=O) groups is 4. The highest BCUT2D eigenvalue weighted by Crippen LogP contribution is 2.35. The van der Waals surface area contributed by atoms with E-state index in [2.05, 4.69) is 4.90 Å². The molecule has 3 aliphatic rings. The third kappa shape index (κ3) is 5.48. The van der Waals surface area contributed by atoms with Crippen LogP contribution in [0.1, 0.15) is 75.4 Å². The molecule has 2 heterocycles. The lowest BCUT2D eigenvalue weighted by atomic mass is 9.89. The van der Waals surface area contributed by atoms with E-state index in [4.69, 9.17) is 4.74 Å². The fourth-order valence-electron chi connectivity index (χ4n) is 6.20. The molecule has 2 fully saturated rings. The van der Waals surface area contributed by atoms with Gasteiger partial charge in [0.15, 0.2) is 5.78 Å². The molecule has 2 amide bonds. The Labute approximate surface area is 242 Å². The Morgan fingerprint density at radius 2 is 1.57 bits per heavy atom. The van der Waals surface area contributed by atoms with Crippen LogP contribution in [0.15, 0.2) is 60.7 Å². The van der Waals surface area contributed by atoms with E-state index in [9.17, 15) is 28.0 Å². The minimum atomic E-state index is -0.926. The van der Waals surface area contributed by atoms with Crippen LogP contribution in [0.25, 0.3) is 0 Å². The van der Waals surface area contributed by atoms with Crippen molar-refractivity contribution in [3.63, 3.8) is 0 Å². The number of amides is 2. The number of hydrogen-bond donors (Lipinski definition) is 0. The summed E-state index contributed by atoms with van der Waals surface area (Å²) in [6.07, 6.45) is 1.67. The first-order valence-corrected chi connectivity index (χ1v) is 14.2. The lowest BCUT2D eigenvalue weighted by molar-refractivity contribution is -0.132. The normalized spacial score (nSPS) is 19.9. The van der Waals surface area contributed by atoms with Crippen molar-refractivity contribution in [2.45, 2.75) is 57.2 Å². The Bertz CT molecular complexity index is 1560. The summed E-state index contributed by atoms with van der Waals surface area (Å²) in [5.74, 6) is -2.36. The highest BCUT2D eigenvalue weighted by atomic mass is 19.1. The summed E-state index contributed by atoms with van der Waals surface area (Å²) >= 11 is 0. The minimum absolute atomic E-state index is 0.0856. The number of nitrogens with zero attached hydrogens (tertiary/aromatic N) is 2. The minimum Gasteiger partial charge on any atom is -0.488 e. The number of imide groups is 1. The molecule has 1 atom stereocenters. The summed E-state index contributed by atoms with van der Waals surface area (Å²) < 4.78 is 33.4. The molecule has 0 spiro atoms. The smallest absolute Gasteiger partial charge is 0.266 e. The van der Waals surface area contributed by atoms with Crippen molar-refractivity contribution in [1.29, 1.82) is 0 Å². The number of ether oxygens (including phenoxy) is 1. The van der Waals surface area contributed by atoms with Gasteiger partial charge in [0.1, 0.15) is 29.8 Å². The quantitative estimate of drug-likeness (QED) is 0.286. The van der Waals surface area contributed by atoms with Crippen molar-refractivity contribution in [2.24, 2.45) is 0 Å². The van der Waals surface area contributed by atoms with Crippen LogP contribution in [0.2, 0.25) is 0 Å². The van der Waals surface area contributed by atoms with E-state index >= 15 is 0 Å². The Morgan fingerprint density at radius 3 is 2.29 bits per heavy atom. The van der Waals surface area contributed by atoms with Crippen molar-refractivity contribution < 1.29 is 32.7 Å². The number of carbonyl (C=O) groups excluding carboxylic acids is 4. The summed E-state index contributed by atoms with van der Waals surface area (Å²) in [6, 6.07) is 15.7. The molecule has 1 aliphatic carbocycles. The standard InChI is InChI=1S/C33H30F2N2O5/c34-23-8-10-25(27(35)16-23)22-12-14-36(15-13-22)18-20-4-6-21(7-5-20)19-42-30-3-1-2-26-31(30)33(41)37(32(26)40)28-11-9-24(38)17-29(28)39/h1-8,10,16,22,28H,9,11-15,17-19H2. The molecule has 3 aromatic rings. The Balaban J connectivity index is 1.05. The van der Waals surface area contributed by atoms with E-state index in [1.54, 1.807) is 24.3 Å². The number of Topliss-reactive ketones (excluding diaryl/α,β-unsaturated/α-hetero) is 2. The topological polar surface area (TPSA) is 84.0 Å². The number of fused-ring (bicyclic) bond motifs is 1. The van der Waals surface area contributed by atoms with Crippen molar-refractivity contribution >= 4 is 23.4 Å². The first-order chi connectivity index (χ1) is 20.3. The van der Waals surface area contributed by atoms with E-state index < -0.39 is 35.3 Å². The fourth-order valence-corrected chi connectivity index (χ4v) is 6.20. The molecule has 0 aromatic heterocycles. The first kappa shape index (κ1) is 27.9. The second-order valence-electron chi connectivity index (χ2n) is 11.2. The second kappa shape index (κ2) is 11.6. The molecule has 6 rings (SSSR count). The largest absolute Gasteiger partial charge is 0.488 e. The predicted octanol–water partition coefficient (Wildman–Crippen LogP) is 5.21. The zero-order valence-electron chi connectivity index (χ0n) is 23.0. The average Bonchev–Trinajstić information content (AvgIpc) is 3.23. The molecule has 0 N–H and O–H groups in total. The van der Waals surface area contributed by atoms with Gasteiger partial charge in [-0.15, -0.1) is 0 Å². The zero-order chi connectivity index (χ0) is 29.4. The van der Waals surface area contributed by atoms with Gasteiger partial charge < -0.3 is 4.74 Å². The molecule has 0 radical (unpaired) electrons. The summed E-state index contributed by atoms with van der Waals surface area (Å²) in [5.41, 5.74) is 2.94. The van der Waals surface area contributed by atoms with Gasteiger partial charge in [-0.05, 0) is 73.2 Å². The number of ketones is 2. The summed E-state index contributed by atoms with van der Waals surface area (Å²) in [6.45, 7) is 2.57. The molecule has 42 heavy (non-hydrogen) atoms. The van der Waals surface area contributed by atoms with Crippen LogP contribution in [0, 0.1) is 11.6 Å². The molecule has 7 nitrogen and oxygen atoms in total. The first-order valence-electron chi connectivity index (χ1n) is 14.2. The van der Waals surface area contributed by atoms with Crippen LogP contribution in [0.4, 0.5) is 8.78 Å². The lowest BCUT2D eigenvalue weighted by Crippen LogP contribution is -2.47. The van der Waals surface area contributed by atoms with Gasteiger partial charge in [-0.3, -0.25) is 29.0 Å². The molecule has 1 saturated heterocycles. The number of benzene rings is 3. The molecule has 1 unspecified atom stereocenters. The van der Waals surface area contributed by atoms with Crippen LogP contribution in [0.5, 0.6) is 5.75 Å². The van der Waals surface area contributed by atoms with E-state index in [0.717, 1.165) is 54.6 Å². The van der Waals surface area contributed by atoms with E-state index in [1.807, 2.05) is 24.3 Å². The predicted molar refractivity (Wildman–Crippen MR) is 149 cm³/mol. The Hall–Kier alpha value is -4.24. The maximum atomic E-state index is 14.2.